The number of hydrazine groups is 1. The molecule has 0 saturated carbocycles. The molecule has 0 radical (unpaired) electrons. The van der Waals surface area contributed by atoms with Gasteiger partial charge in [-0.3, -0.25) is 30.6 Å². The number of nitrogens with zero attached hydrogens (tertiary/aromatic N) is 1. The number of halogens is 2. The van der Waals surface area contributed by atoms with Gasteiger partial charge in [-0.25, -0.2) is 0 Å². The summed E-state index contributed by atoms with van der Waals surface area (Å²) < 4.78 is 5.10. The van der Waals surface area contributed by atoms with Crippen molar-refractivity contribution in [2.75, 3.05) is 6.61 Å². The fraction of sp³-hybridized carbons (Fsp3) is 0.125. The Hall–Kier alpha value is -2.84. The van der Waals surface area contributed by atoms with Gasteiger partial charge in [0.15, 0.2) is 12.4 Å². The molecule has 0 aromatic heterocycles. The highest BCUT2D eigenvalue weighted by atomic mass is 35.5. The Morgan fingerprint density at radius 3 is 2.46 bits per heavy atom. The number of hydrogen-bond acceptors (Lipinski definition) is 5. The topological polar surface area (TPSA) is 111 Å². The van der Waals surface area contributed by atoms with Crippen LogP contribution in [-0.4, -0.2) is 23.3 Å². The molecule has 0 atom stereocenters. The van der Waals surface area contributed by atoms with Crippen LogP contribution in [0.4, 0.5) is 5.69 Å². The molecule has 10 heteroatoms. The summed E-state index contributed by atoms with van der Waals surface area (Å²) in [5.74, 6) is -1.24. The summed E-state index contributed by atoms with van der Waals surface area (Å²) in [5.41, 5.74) is 4.63. The van der Waals surface area contributed by atoms with Crippen LogP contribution in [0.1, 0.15) is 5.56 Å². The van der Waals surface area contributed by atoms with Gasteiger partial charge in [0.2, 0.25) is 5.91 Å². The molecule has 0 bridgehead atoms. The van der Waals surface area contributed by atoms with E-state index >= 15 is 0 Å². The highest BCUT2D eigenvalue weighted by Crippen LogP contribution is 2.25. The maximum absolute atomic E-state index is 11.8. The second-order valence-electron chi connectivity index (χ2n) is 5.02. The lowest BCUT2D eigenvalue weighted by atomic mass is 10.1. The smallest absolute Gasteiger partial charge is 0.310 e. The molecule has 2 aromatic carbocycles. The average molecular weight is 398 g/mol. The van der Waals surface area contributed by atoms with Crippen molar-refractivity contribution in [1.82, 2.24) is 10.9 Å². The van der Waals surface area contributed by atoms with E-state index in [1.807, 2.05) is 0 Å². The summed E-state index contributed by atoms with van der Waals surface area (Å²) in [5, 5.41) is 11.6. The number of nitro groups is 1. The number of nitrogens with one attached hydrogen (secondary N) is 2. The van der Waals surface area contributed by atoms with Gasteiger partial charge in [-0.15, -0.1) is 0 Å². The number of ether oxygens (including phenoxy) is 1. The minimum Gasteiger partial charge on any atom is -0.477 e. The van der Waals surface area contributed by atoms with Crippen LogP contribution >= 0.6 is 23.2 Å². The molecule has 26 heavy (non-hydrogen) atoms. The van der Waals surface area contributed by atoms with E-state index in [0.29, 0.717) is 15.6 Å². The molecular weight excluding hydrogens is 385 g/mol. The van der Waals surface area contributed by atoms with Crippen LogP contribution in [0, 0.1) is 10.1 Å². The molecule has 0 aliphatic rings. The van der Waals surface area contributed by atoms with E-state index in [9.17, 15) is 19.7 Å². The zero-order valence-corrected chi connectivity index (χ0v) is 14.7. The quantitative estimate of drug-likeness (QED) is 0.574. The lowest BCUT2D eigenvalue weighted by molar-refractivity contribution is -0.385. The van der Waals surface area contributed by atoms with E-state index in [4.69, 9.17) is 27.9 Å². The number of benzene rings is 2. The SMILES string of the molecule is O=C(COc1ccccc1[N+](=O)[O-])NNC(=O)Cc1ccc(Cl)cc1Cl. The number of hydrogen-bond donors (Lipinski definition) is 2. The molecule has 2 rings (SSSR count). The maximum atomic E-state index is 11.8. The number of rotatable bonds is 6. The summed E-state index contributed by atoms with van der Waals surface area (Å²) in [6.45, 7) is -0.507. The molecule has 2 aromatic rings. The van der Waals surface area contributed by atoms with Crippen molar-refractivity contribution < 1.29 is 19.2 Å². The predicted molar refractivity (Wildman–Crippen MR) is 95.0 cm³/mol. The van der Waals surface area contributed by atoms with Gasteiger partial charge in [0.1, 0.15) is 0 Å². The fourth-order valence-corrected chi connectivity index (χ4v) is 2.41. The van der Waals surface area contributed by atoms with Gasteiger partial charge in [-0.2, -0.15) is 0 Å². The molecule has 2 amide bonds. The van der Waals surface area contributed by atoms with Gasteiger partial charge >= 0.3 is 5.69 Å². The molecule has 0 saturated heterocycles. The number of para-hydroxylation sites is 2. The second-order valence-corrected chi connectivity index (χ2v) is 5.87. The van der Waals surface area contributed by atoms with Crippen molar-refractivity contribution >= 4 is 40.7 Å². The van der Waals surface area contributed by atoms with Crippen LogP contribution in [0.15, 0.2) is 42.5 Å². The van der Waals surface area contributed by atoms with Gasteiger partial charge in [0.05, 0.1) is 11.3 Å². The number of nitro benzene ring substituents is 1. The zero-order chi connectivity index (χ0) is 19.1. The van der Waals surface area contributed by atoms with Gasteiger partial charge < -0.3 is 4.74 Å². The summed E-state index contributed by atoms with van der Waals surface area (Å²) in [4.78, 5) is 33.8. The van der Waals surface area contributed by atoms with Crippen LogP contribution in [0.3, 0.4) is 0 Å². The van der Waals surface area contributed by atoms with Crippen molar-refractivity contribution in [2.45, 2.75) is 6.42 Å². The average Bonchev–Trinajstić information content (AvgIpc) is 2.60. The first-order chi connectivity index (χ1) is 12.4. The Morgan fingerprint density at radius 1 is 1.08 bits per heavy atom. The predicted octanol–water partition coefficient (Wildman–Crippen LogP) is 2.67. The molecule has 0 spiro atoms. The zero-order valence-electron chi connectivity index (χ0n) is 13.2. The molecule has 8 nitrogen and oxygen atoms in total. The third-order valence-electron chi connectivity index (χ3n) is 3.13. The number of carbonyl (C=O) groups excluding carboxylic acids is 2. The van der Waals surface area contributed by atoms with Crippen LogP contribution in [-0.2, 0) is 16.0 Å². The van der Waals surface area contributed by atoms with E-state index in [0.717, 1.165) is 0 Å². The minimum atomic E-state index is -0.682. The van der Waals surface area contributed by atoms with E-state index in [1.54, 1.807) is 12.1 Å². The van der Waals surface area contributed by atoms with Crippen LogP contribution in [0.2, 0.25) is 10.0 Å². The van der Waals surface area contributed by atoms with Crippen molar-refractivity contribution in [3.8, 4) is 5.75 Å². The Kier molecular flexibility index (Phi) is 6.76. The van der Waals surface area contributed by atoms with Crippen molar-refractivity contribution in [2.24, 2.45) is 0 Å². The second kappa shape index (κ2) is 9.02. The highest BCUT2D eigenvalue weighted by Gasteiger charge is 2.15. The minimum absolute atomic E-state index is 0.0491. The molecule has 0 fully saturated rings. The van der Waals surface area contributed by atoms with E-state index < -0.39 is 23.3 Å². The lowest BCUT2D eigenvalue weighted by Gasteiger charge is -2.09. The maximum Gasteiger partial charge on any atom is 0.310 e. The van der Waals surface area contributed by atoms with Gasteiger partial charge in [-0.1, -0.05) is 41.4 Å². The summed E-state index contributed by atoms with van der Waals surface area (Å²) in [6, 6.07) is 10.3. The van der Waals surface area contributed by atoms with Crippen LogP contribution < -0.4 is 15.6 Å². The Bertz CT molecular complexity index is 844. The highest BCUT2D eigenvalue weighted by molar-refractivity contribution is 6.35. The normalized spacial score (nSPS) is 10.1. The van der Waals surface area contributed by atoms with Gasteiger partial charge in [-0.05, 0) is 23.8 Å². The molecular formula is C16H13Cl2N3O5. The molecule has 0 unspecified atom stereocenters. The van der Waals surface area contributed by atoms with Crippen molar-refractivity contribution in [1.29, 1.82) is 0 Å². The lowest BCUT2D eigenvalue weighted by Crippen LogP contribution is -2.44. The van der Waals surface area contributed by atoms with Gasteiger partial charge in [0, 0.05) is 16.1 Å². The Morgan fingerprint density at radius 2 is 1.77 bits per heavy atom. The van der Waals surface area contributed by atoms with E-state index in [2.05, 4.69) is 10.9 Å². The molecule has 136 valence electrons. The van der Waals surface area contributed by atoms with Crippen LogP contribution in [0.5, 0.6) is 5.75 Å². The third-order valence-corrected chi connectivity index (χ3v) is 3.72. The molecule has 2 N–H and O–H groups in total. The van der Waals surface area contributed by atoms with Crippen molar-refractivity contribution in [3.63, 3.8) is 0 Å². The Labute approximate surface area is 158 Å². The third kappa shape index (κ3) is 5.61. The molecule has 0 heterocycles. The number of carbonyl (C=O) groups is 2. The van der Waals surface area contributed by atoms with E-state index in [1.165, 1.54) is 30.3 Å². The summed E-state index contributed by atoms with van der Waals surface area (Å²) in [7, 11) is 0. The number of amides is 2. The first-order valence-corrected chi connectivity index (χ1v) is 8.00. The first-order valence-electron chi connectivity index (χ1n) is 7.24. The fourth-order valence-electron chi connectivity index (χ4n) is 1.93. The summed E-state index contributed by atoms with van der Waals surface area (Å²) >= 11 is 11.7. The van der Waals surface area contributed by atoms with Crippen LogP contribution in [0.25, 0.3) is 0 Å². The molecule has 0 aliphatic carbocycles. The summed E-state index contributed by atoms with van der Waals surface area (Å²) in [6.07, 6.45) is -0.0682. The Balaban J connectivity index is 1.81. The van der Waals surface area contributed by atoms with Crippen molar-refractivity contribution in [3.05, 3.63) is 68.2 Å². The monoisotopic (exact) mass is 397 g/mol. The standard InChI is InChI=1S/C16H13Cl2N3O5/c17-11-6-5-10(12(18)8-11)7-15(22)19-20-16(23)9-26-14-4-2-1-3-13(14)21(24)25/h1-6,8H,7,9H2,(H,19,22)(H,20,23). The van der Waals surface area contributed by atoms with Gasteiger partial charge in [0.25, 0.3) is 5.91 Å². The van der Waals surface area contributed by atoms with E-state index in [-0.39, 0.29) is 17.9 Å². The largest absolute Gasteiger partial charge is 0.477 e. The molecule has 0 aliphatic heterocycles. The first kappa shape index (κ1) is 19.5.